The maximum Gasteiger partial charge on any atom is 0.326 e. The van der Waals surface area contributed by atoms with Crippen molar-refractivity contribution in [3.63, 3.8) is 0 Å². The van der Waals surface area contributed by atoms with Crippen molar-refractivity contribution >= 4 is 47.2 Å². The fourth-order valence-corrected chi connectivity index (χ4v) is 2.80. The Morgan fingerprint density at radius 1 is 0.960 bits per heavy atom. The van der Waals surface area contributed by atoms with Crippen molar-refractivity contribution in [3.05, 3.63) is 0 Å². The van der Waals surface area contributed by atoms with Crippen LogP contribution >= 0.6 is 23.5 Å². The third-order valence-electron chi connectivity index (χ3n) is 3.23. The van der Waals surface area contributed by atoms with Gasteiger partial charge >= 0.3 is 5.97 Å². The standard InChI is InChI=1S/C14H26N4O5S2/c1-24-5-3-9(17-12(20)8(15)7-11(16)19)13(21)18-10(14(22)23)4-6-25-2/h8-10H,3-7,15H2,1-2H3,(H2,16,19)(H,17,20)(H,18,21)(H,22,23). The number of carboxylic acid groups (broad SMARTS) is 1. The van der Waals surface area contributed by atoms with Crippen molar-refractivity contribution in [2.75, 3.05) is 24.0 Å². The highest BCUT2D eigenvalue weighted by molar-refractivity contribution is 7.98. The summed E-state index contributed by atoms with van der Waals surface area (Å²) >= 11 is 2.95. The maximum absolute atomic E-state index is 12.4. The minimum Gasteiger partial charge on any atom is -0.480 e. The van der Waals surface area contributed by atoms with Crippen LogP contribution in [-0.2, 0) is 19.2 Å². The van der Waals surface area contributed by atoms with E-state index in [1.54, 1.807) is 0 Å². The van der Waals surface area contributed by atoms with Crippen LogP contribution in [0.25, 0.3) is 0 Å². The van der Waals surface area contributed by atoms with E-state index in [1.165, 1.54) is 23.5 Å². The molecule has 144 valence electrons. The minimum atomic E-state index is -1.16. The van der Waals surface area contributed by atoms with Crippen LogP contribution in [0, 0.1) is 0 Å². The summed E-state index contributed by atoms with van der Waals surface area (Å²) in [6, 6.07) is -3.13. The van der Waals surface area contributed by atoms with Crippen molar-refractivity contribution < 1.29 is 24.3 Å². The third kappa shape index (κ3) is 10.2. The lowest BCUT2D eigenvalue weighted by Gasteiger charge is -2.22. The first-order chi connectivity index (χ1) is 11.7. The van der Waals surface area contributed by atoms with Gasteiger partial charge in [0.2, 0.25) is 17.7 Å². The Morgan fingerprint density at radius 2 is 1.44 bits per heavy atom. The first-order valence-corrected chi connectivity index (χ1v) is 10.4. The first kappa shape index (κ1) is 23.5. The second-order valence-corrected chi connectivity index (χ2v) is 7.27. The molecule has 0 bridgehead atoms. The van der Waals surface area contributed by atoms with E-state index >= 15 is 0 Å². The van der Waals surface area contributed by atoms with Crippen molar-refractivity contribution in [3.8, 4) is 0 Å². The quantitative estimate of drug-likeness (QED) is 0.258. The summed E-state index contributed by atoms with van der Waals surface area (Å²) in [5.41, 5.74) is 10.6. The average Bonchev–Trinajstić information content (AvgIpc) is 2.53. The molecule has 0 saturated heterocycles. The largest absolute Gasteiger partial charge is 0.480 e. The van der Waals surface area contributed by atoms with E-state index in [9.17, 15) is 24.3 Å². The zero-order chi connectivity index (χ0) is 19.4. The Labute approximate surface area is 155 Å². The molecule has 3 unspecified atom stereocenters. The van der Waals surface area contributed by atoms with Crippen LogP contribution in [0.15, 0.2) is 0 Å². The summed E-state index contributed by atoms with van der Waals surface area (Å²) in [5, 5.41) is 14.1. The molecule has 3 amide bonds. The number of nitrogens with one attached hydrogen (secondary N) is 2. The number of primary amides is 1. The molecule has 0 aromatic carbocycles. The van der Waals surface area contributed by atoms with E-state index in [2.05, 4.69) is 10.6 Å². The Balaban J connectivity index is 4.92. The molecule has 0 rings (SSSR count). The minimum absolute atomic E-state index is 0.270. The van der Waals surface area contributed by atoms with Gasteiger partial charge in [-0.25, -0.2) is 4.79 Å². The second kappa shape index (κ2) is 12.8. The number of carboxylic acids is 1. The van der Waals surface area contributed by atoms with E-state index in [1.807, 2.05) is 12.5 Å². The molecule has 0 fully saturated rings. The van der Waals surface area contributed by atoms with Crippen LogP contribution in [0.1, 0.15) is 19.3 Å². The molecule has 0 radical (unpaired) electrons. The number of rotatable bonds is 13. The molecule has 11 heteroatoms. The fourth-order valence-electron chi connectivity index (χ4n) is 1.86. The van der Waals surface area contributed by atoms with Gasteiger partial charge in [0.05, 0.1) is 12.5 Å². The molecular formula is C14H26N4O5S2. The van der Waals surface area contributed by atoms with Gasteiger partial charge in [0, 0.05) is 0 Å². The monoisotopic (exact) mass is 394 g/mol. The van der Waals surface area contributed by atoms with Gasteiger partial charge < -0.3 is 27.2 Å². The SMILES string of the molecule is CSCCC(NC(=O)C(CCSC)NC(=O)C(N)CC(N)=O)C(=O)O. The molecule has 0 aromatic rings. The molecular weight excluding hydrogens is 368 g/mol. The molecule has 0 aromatic heterocycles. The Bertz CT molecular complexity index is 478. The molecule has 0 aliphatic rings. The fraction of sp³-hybridized carbons (Fsp3) is 0.714. The van der Waals surface area contributed by atoms with Gasteiger partial charge in [-0.3, -0.25) is 14.4 Å². The number of amides is 3. The highest BCUT2D eigenvalue weighted by Gasteiger charge is 2.27. The van der Waals surface area contributed by atoms with Crippen LogP contribution in [-0.4, -0.2) is 70.9 Å². The Morgan fingerprint density at radius 3 is 1.88 bits per heavy atom. The van der Waals surface area contributed by atoms with Gasteiger partial charge in [0.1, 0.15) is 12.1 Å². The van der Waals surface area contributed by atoms with E-state index in [4.69, 9.17) is 11.5 Å². The molecule has 3 atom stereocenters. The van der Waals surface area contributed by atoms with E-state index in [-0.39, 0.29) is 12.8 Å². The van der Waals surface area contributed by atoms with Crippen LogP contribution in [0.3, 0.4) is 0 Å². The summed E-state index contributed by atoms with van der Waals surface area (Å²) in [4.78, 5) is 46.4. The predicted molar refractivity (Wildman–Crippen MR) is 99.3 cm³/mol. The lowest BCUT2D eigenvalue weighted by Crippen LogP contribution is -2.55. The summed E-state index contributed by atoms with van der Waals surface area (Å²) in [7, 11) is 0. The highest BCUT2D eigenvalue weighted by Crippen LogP contribution is 2.05. The summed E-state index contributed by atoms with van der Waals surface area (Å²) in [6.45, 7) is 0. The molecule has 0 spiro atoms. The van der Waals surface area contributed by atoms with Crippen LogP contribution < -0.4 is 22.1 Å². The molecule has 0 saturated carbocycles. The summed E-state index contributed by atoms with van der Waals surface area (Å²) < 4.78 is 0. The summed E-state index contributed by atoms with van der Waals surface area (Å²) in [6.07, 6.45) is 3.91. The van der Waals surface area contributed by atoms with Gasteiger partial charge in [-0.05, 0) is 36.9 Å². The van der Waals surface area contributed by atoms with Gasteiger partial charge in [0.15, 0.2) is 0 Å². The van der Waals surface area contributed by atoms with E-state index < -0.39 is 41.8 Å². The summed E-state index contributed by atoms with van der Waals surface area (Å²) in [5.74, 6) is -1.99. The van der Waals surface area contributed by atoms with Gasteiger partial charge in [-0.2, -0.15) is 23.5 Å². The molecule has 0 aliphatic carbocycles. The van der Waals surface area contributed by atoms with Gasteiger partial charge in [-0.1, -0.05) is 0 Å². The average molecular weight is 395 g/mol. The molecule has 7 N–H and O–H groups in total. The van der Waals surface area contributed by atoms with Crippen LogP contribution in [0.5, 0.6) is 0 Å². The normalized spacial score (nSPS) is 14.2. The zero-order valence-electron chi connectivity index (χ0n) is 14.3. The van der Waals surface area contributed by atoms with Crippen molar-refractivity contribution in [2.24, 2.45) is 11.5 Å². The predicted octanol–water partition coefficient (Wildman–Crippen LogP) is -1.25. The number of carbonyl (C=O) groups is 4. The molecule has 9 nitrogen and oxygen atoms in total. The molecule has 0 aliphatic heterocycles. The topological polar surface area (TPSA) is 165 Å². The number of hydrogen-bond acceptors (Lipinski definition) is 7. The lowest BCUT2D eigenvalue weighted by atomic mass is 10.1. The smallest absolute Gasteiger partial charge is 0.326 e. The lowest BCUT2D eigenvalue weighted by molar-refractivity contribution is -0.142. The molecule has 25 heavy (non-hydrogen) atoms. The number of nitrogens with two attached hydrogens (primary N) is 2. The van der Waals surface area contributed by atoms with Crippen molar-refractivity contribution in [2.45, 2.75) is 37.4 Å². The molecule has 0 heterocycles. The second-order valence-electron chi connectivity index (χ2n) is 5.30. The van der Waals surface area contributed by atoms with Crippen LogP contribution in [0.2, 0.25) is 0 Å². The van der Waals surface area contributed by atoms with Gasteiger partial charge in [0.25, 0.3) is 0 Å². The third-order valence-corrected chi connectivity index (χ3v) is 4.51. The van der Waals surface area contributed by atoms with Crippen molar-refractivity contribution in [1.82, 2.24) is 10.6 Å². The number of thioether (sulfide) groups is 2. The number of aliphatic carboxylic acids is 1. The maximum atomic E-state index is 12.4. The van der Waals surface area contributed by atoms with E-state index in [0.717, 1.165) is 0 Å². The van der Waals surface area contributed by atoms with Crippen molar-refractivity contribution in [1.29, 1.82) is 0 Å². The van der Waals surface area contributed by atoms with Gasteiger partial charge in [-0.15, -0.1) is 0 Å². The highest BCUT2D eigenvalue weighted by atomic mass is 32.2. The number of hydrogen-bond donors (Lipinski definition) is 5. The Hall–Kier alpha value is -1.46. The van der Waals surface area contributed by atoms with Crippen LogP contribution in [0.4, 0.5) is 0 Å². The first-order valence-electron chi connectivity index (χ1n) is 7.58. The van der Waals surface area contributed by atoms with E-state index in [0.29, 0.717) is 17.9 Å². The number of carbonyl (C=O) groups excluding carboxylic acids is 3. The zero-order valence-corrected chi connectivity index (χ0v) is 16.0. The Kier molecular flexibility index (Phi) is 12.1.